The van der Waals surface area contributed by atoms with E-state index in [2.05, 4.69) is 19.2 Å². The van der Waals surface area contributed by atoms with Crippen LogP contribution in [0.5, 0.6) is 17.2 Å². The number of amides is 1. The number of para-hydroxylation sites is 1. The van der Waals surface area contributed by atoms with Crippen molar-refractivity contribution in [1.82, 2.24) is 0 Å². The van der Waals surface area contributed by atoms with Gasteiger partial charge in [0.15, 0.2) is 6.61 Å². The van der Waals surface area contributed by atoms with Gasteiger partial charge in [0.2, 0.25) is 0 Å². The van der Waals surface area contributed by atoms with Crippen LogP contribution in [-0.4, -0.2) is 25.2 Å². The summed E-state index contributed by atoms with van der Waals surface area (Å²) in [7, 11) is 0. The van der Waals surface area contributed by atoms with E-state index < -0.39 is 0 Å². The molecule has 2 aromatic carbocycles. The van der Waals surface area contributed by atoms with Gasteiger partial charge in [-0.3, -0.25) is 4.79 Å². The Hall–Kier alpha value is -2.69. The fraction of sp³-hybridized carbons (Fsp3) is 0.409. The number of ether oxygens (including phenoxy) is 3. The Labute approximate surface area is 160 Å². The van der Waals surface area contributed by atoms with Crippen LogP contribution in [0.4, 0.5) is 5.69 Å². The van der Waals surface area contributed by atoms with Crippen molar-refractivity contribution in [2.75, 3.05) is 18.5 Å². The molecule has 27 heavy (non-hydrogen) atoms. The van der Waals surface area contributed by atoms with Gasteiger partial charge in [0.05, 0.1) is 12.3 Å². The molecule has 0 saturated heterocycles. The Morgan fingerprint density at radius 3 is 2.74 bits per heavy atom. The fourth-order valence-corrected chi connectivity index (χ4v) is 3.23. The number of benzene rings is 2. The van der Waals surface area contributed by atoms with E-state index in [4.69, 9.17) is 14.2 Å². The molecule has 144 valence electrons. The van der Waals surface area contributed by atoms with Crippen molar-refractivity contribution in [3.63, 3.8) is 0 Å². The van der Waals surface area contributed by atoms with Gasteiger partial charge in [-0.15, -0.1) is 0 Å². The van der Waals surface area contributed by atoms with Crippen LogP contribution < -0.4 is 19.5 Å². The molecular weight excluding hydrogens is 342 g/mol. The summed E-state index contributed by atoms with van der Waals surface area (Å²) in [6.45, 7) is 8.60. The molecular formula is C22H27NO4. The van der Waals surface area contributed by atoms with Gasteiger partial charge in [-0.2, -0.15) is 0 Å². The molecule has 1 N–H and O–H groups in total. The van der Waals surface area contributed by atoms with Crippen molar-refractivity contribution in [2.45, 2.75) is 46.1 Å². The van der Waals surface area contributed by atoms with Crippen LogP contribution in [0.25, 0.3) is 0 Å². The number of carbonyl (C=O) groups is 1. The smallest absolute Gasteiger partial charge is 0.262 e. The van der Waals surface area contributed by atoms with Gasteiger partial charge >= 0.3 is 0 Å². The standard InChI is InChI=1S/C22H27NO4/c1-5-25-21-11-16-10-15(4)27-20(16)12-18(21)23-22(24)13-26-19-9-7-6-8-17(19)14(2)3/h6-9,11-12,14-15H,5,10,13H2,1-4H3,(H,23,24)/t15-/m0/s1. The van der Waals surface area contributed by atoms with Gasteiger partial charge in [0.1, 0.15) is 23.4 Å². The van der Waals surface area contributed by atoms with Crippen molar-refractivity contribution < 1.29 is 19.0 Å². The highest BCUT2D eigenvalue weighted by Gasteiger charge is 2.22. The first-order chi connectivity index (χ1) is 13.0. The van der Waals surface area contributed by atoms with E-state index in [0.29, 0.717) is 24.0 Å². The molecule has 1 aliphatic rings. The predicted octanol–water partition coefficient (Wildman–Crippen LogP) is 4.55. The molecule has 0 aromatic heterocycles. The van der Waals surface area contributed by atoms with Crippen molar-refractivity contribution in [3.05, 3.63) is 47.5 Å². The van der Waals surface area contributed by atoms with Gasteiger partial charge in [0.25, 0.3) is 5.91 Å². The summed E-state index contributed by atoms with van der Waals surface area (Å²) in [4.78, 5) is 12.5. The zero-order chi connectivity index (χ0) is 19.4. The van der Waals surface area contributed by atoms with Crippen molar-refractivity contribution in [1.29, 1.82) is 0 Å². The normalized spacial score (nSPS) is 15.2. The zero-order valence-electron chi connectivity index (χ0n) is 16.4. The van der Waals surface area contributed by atoms with Crippen LogP contribution in [0.1, 0.15) is 44.7 Å². The number of anilines is 1. The first kappa shape index (κ1) is 19.1. The van der Waals surface area contributed by atoms with Crippen LogP contribution >= 0.6 is 0 Å². The van der Waals surface area contributed by atoms with Crippen LogP contribution in [0.3, 0.4) is 0 Å². The van der Waals surface area contributed by atoms with Crippen molar-refractivity contribution >= 4 is 11.6 Å². The third-order valence-corrected chi connectivity index (χ3v) is 4.47. The predicted molar refractivity (Wildman–Crippen MR) is 106 cm³/mol. The Morgan fingerprint density at radius 2 is 2.00 bits per heavy atom. The van der Waals surface area contributed by atoms with Crippen LogP contribution in [0, 0.1) is 0 Å². The minimum absolute atomic E-state index is 0.0658. The van der Waals surface area contributed by atoms with Crippen LogP contribution in [-0.2, 0) is 11.2 Å². The van der Waals surface area contributed by atoms with Gasteiger partial charge in [-0.25, -0.2) is 0 Å². The minimum Gasteiger partial charge on any atom is -0.492 e. The van der Waals surface area contributed by atoms with E-state index in [-0.39, 0.29) is 18.6 Å². The number of rotatable bonds is 7. The summed E-state index contributed by atoms with van der Waals surface area (Å²) in [6.07, 6.45) is 0.981. The van der Waals surface area contributed by atoms with E-state index in [1.807, 2.05) is 50.2 Å². The van der Waals surface area contributed by atoms with E-state index in [0.717, 1.165) is 29.0 Å². The number of carbonyl (C=O) groups excluding carboxylic acids is 1. The van der Waals surface area contributed by atoms with Crippen molar-refractivity contribution in [3.8, 4) is 17.2 Å². The molecule has 0 bridgehead atoms. The average Bonchev–Trinajstić information content (AvgIpc) is 2.99. The van der Waals surface area contributed by atoms with Crippen molar-refractivity contribution in [2.24, 2.45) is 0 Å². The molecule has 1 heterocycles. The third-order valence-electron chi connectivity index (χ3n) is 4.47. The molecule has 0 fully saturated rings. The monoisotopic (exact) mass is 369 g/mol. The lowest BCUT2D eigenvalue weighted by atomic mass is 10.0. The Kier molecular flexibility index (Phi) is 5.89. The van der Waals surface area contributed by atoms with E-state index >= 15 is 0 Å². The Bertz CT molecular complexity index is 816. The van der Waals surface area contributed by atoms with Crippen LogP contribution in [0.15, 0.2) is 36.4 Å². The fourth-order valence-electron chi connectivity index (χ4n) is 3.23. The summed E-state index contributed by atoms with van der Waals surface area (Å²) in [5.41, 5.74) is 2.79. The van der Waals surface area contributed by atoms with E-state index in [9.17, 15) is 4.79 Å². The molecule has 0 unspecified atom stereocenters. The molecule has 0 radical (unpaired) electrons. The Morgan fingerprint density at radius 1 is 1.22 bits per heavy atom. The van der Waals surface area contributed by atoms with E-state index in [1.165, 1.54) is 0 Å². The first-order valence-corrected chi connectivity index (χ1v) is 9.45. The zero-order valence-corrected chi connectivity index (χ0v) is 16.4. The highest BCUT2D eigenvalue weighted by atomic mass is 16.5. The molecule has 5 nitrogen and oxygen atoms in total. The third kappa shape index (κ3) is 4.54. The lowest BCUT2D eigenvalue weighted by Crippen LogP contribution is -2.21. The number of hydrogen-bond acceptors (Lipinski definition) is 4. The van der Waals surface area contributed by atoms with Gasteiger partial charge in [0, 0.05) is 18.1 Å². The average molecular weight is 369 g/mol. The SMILES string of the molecule is CCOc1cc2c(cc1NC(=O)COc1ccccc1C(C)C)O[C@@H](C)C2. The summed E-state index contributed by atoms with van der Waals surface area (Å²) >= 11 is 0. The Balaban J connectivity index is 1.70. The summed E-state index contributed by atoms with van der Waals surface area (Å²) < 4.78 is 17.3. The maximum Gasteiger partial charge on any atom is 0.262 e. The highest BCUT2D eigenvalue weighted by molar-refractivity contribution is 5.93. The second-order valence-corrected chi connectivity index (χ2v) is 7.05. The van der Waals surface area contributed by atoms with Crippen LogP contribution in [0.2, 0.25) is 0 Å². The maximum atomic E-state index is 12.5. The lowest BCUT2D eigenvalue weighted by Gasteiger charge is -2.15. The second kappa shape index (κ2) is 8.33. The molecule has 1 aliphatic heterocycles. The maximum absolute atomic E-state index is 12.5. The first-order valence-electron chi connectivity index (χ1n) is 9.45. The molecule has 3 rings (SSSR count). The highest BCUT2D eigenvalue weighted by Crippen LogP contribution is 2.38. The number of hydrogen-bond donors (Lipinski definition) is 1. The molecule has 2 aromatic rings. The number of nitrogens with one attached hydrogen (secondary N) is 1. The summed E-state index contributed by atoms with van der Waals surface area (Å²) in [5, 5.41) is 2.89. The summed E-state index contributed by atoms with van der Waals surface area (Å²) in [5.74, 6) is 2.28. The number of fused-ring (bicyclic) bond motifs is 1. The molecule has 0 saturated carbocycles. The molecule has 1 atom stereocenters. The molecule has 0 aliphatic carbocycles. The van der Waals surface area contributed by atoms with E-state index in [1.54, 1.807) is 0 Å². The van der Waals surface area contributed by atoms with Gasteiger partial charge in [-0.05, 0) is 37.5 Å². The van der Waals surface area contributed by atoms with Gasteiger partial charge < -0.3 is 19.5 Å². The second-order valence-electron chi connectivity index (χ2n) is 7.05. The molecule has 1 amide bonds. The summed E-state index contributed by atoms with van der Waals surface area (Å²) in [6, 6.07) is 11.6. The molecule has 5 heteroatoms. The molecule has 0 spiro atoms. The lowest BCUT2D eigenvalue weighted by molar-refractivity contribution is -0.118. The quantitative estimate of drug-likeness (QED) is 0.778. The largest absolute Gasteiger partial charge is 0.492 e. The minimum atomic E-state index is -0.236. The topological polar surface area (TPSA) is 56.8 Å². The van der Waals surface area contributed by atoms with Gasteiger partial charge in [-0.1, -0.05) is 32.0 Å².